The van der Waals surface area contributed by atoms with Crippen molar-refractivity contribution < 1.29 is 23.8 Å². The lowest BCUT2D eigenvalue weighted by atomic mass is 10.1. The third kappa shape index (κ3) is 5.33. The van der Waals surface area contributed by atoms with E-state index in [1.165, 1.54) is 7.11 Å². The predicted molar refractivity (Wildman–Crippen MR) is 137 cm³/mol. The Labute approximate surface area is 212 Å². The molecule has 0 fully saturated rings. The second-order valence-electron chi connectivity index (χ2n) is 6.93. The summed E-state index contributed by atoms with van der Waals surface area (Å²) in [6, 6.07) is 19.8. The molecule has 0 amide bonds. The van der Waals surface area contributed by atoms with E-state index in [0.717, 1.165) is 8.04 Å². The molecule has 0 saturated heterocycles. The number of carbonyl (C=O) groups is 2. The molecule has 1 aliphatic rings. The molecule has 33 heavy (non-hydrogen) atoms. The van der Waals surface area contributed by atoms with Gasteiger partial charge in [0, 0.05) is 10.0 Å². The van der Waals surface area contributed by atoms with Crippen molar-refractivity contribution in [1.29, 1.82) is 0 Å². The molecule has 0 unspecified atom stereocenters. The minimum atomic E-state index is -0.538. The lowest BCUT2D eigenvalue weighted by Crippen LogP contribution is -2.12. The smallest absolute Gasteiger partial charge is 0.363 e. The number of cyclic esters (lactones) is 1. The molecule has 1 heterocycles. The molecule has 0 radical (unpaired) electrons. The normalized spacial score (nSPS) is 14.1. The summed E-state index contributed by atoms with van der Waals surface area (Å²) >= 11 is 5.54. The number of Topliss-reactive ketones (excluding diaryl/α,β-unsaturated/α-hetero) is 1. The van der Waals surface area contributed by atoms with Gasteiger partial charge in [-0.2, -0.15) is 0 Å². The highest BCUT2D eigenvalue weighted by molar-refractivity contribution is 14.1. The molecule has 0 spiro atoms. The molecule has 3 aromatic rings. The number of esters is 1. The van der Waals surface area contributed by atoms with Crippen LogP contribution in [0, 0.1) is 3.57 Å². The maximum atomic E-state index is 12.4. The molecule has 0 atom stereocenters. The van der Waals surface area contributed by atoms with Gasteiger partial charge in [-0.15, -0.1) is 0 Å². The van der Waals surface area contributed by atoms with Crippen LogP contribution in [0.4, 0.5) is 0 Å². The maximum Gasteiger partial charge on any atom is 0.363 e. The molecule has 0 aliphatic carbocycles. The van der Waals surface area contributed by atoms with Crippen molar-refractivity contribution in [3.63, 3.8) is 0 Å². The highest BCUT2D eigenvalue weighted by atomic mass is 127. The van der Waals surface area contributed by atoms with Gasteiger partial charge < -0.3 is 14.2 Å². The molecule has 6 nitrogen and oxygen atoms in total. The van der Waals surface area contributed by atoms with Gasteiger partial charge in [0.1, 0.15) is 0 Å². The Morgan fingerprint density at radius 2 is 1.85 bits per heavy atom. The van der Waals surface area contributed by atoms with Crippen LogP contribution in [0.2, 0.25) is 0 Å². The lowest BCUT2D eigenvalue weighted by molar-refractivity contribution is -0.129. The fraction of sp³-hybridized carbons (Fsp3) is 0.0800. The molecule has 0 N–H and O–H groups in total. The van der Waals surface area contributed by atoms with E-state index in [-0.39, 0.29) is 24.0 Å². The van der Waals surface area contributed by atoms with Gasteiger partial charge in [-0.1, -0.05) is 42.5 Å². The van der Waals surface area contributed by atoms with Gasteiger partial charge in [-0.25, -0.2) is 9.79 Å². The van der Waals surface area contributed by atoms with Crippen LogP contribution in [0.25, 0.3) is 6.08 Å². The van der Waals surface area contributed by atoms with Gasteiger partial charge in [-0.05, 0) is 74.4 Å². The Hall–Kier alpha value is -2.98. The van der Waals surface area contributed by atoms with Crippen LogP contribution >= 0.6 is 38.5 Å². The van der Waals surface area contributed by atoms with Crippen LogP contribution < -0.4 is 9.47 Å². The third-order valence-corrected chi connectivity index (χ3v) is 6.22. The number of halogens is 2. The maximum absolute atomic E-state index is 12.4. The van der Waals surface area contributed by atoms with Crippen LogP contribution in [0.15, 0.2) is 81.9 Å². The van der Waals surface area contributed by atoms with Gasteiger partial charge in [0.25, 0.3) is 0 Å². The second-order valence-corrected chi connectivity index (χ2v) is 8.94. The van der Waals surface area contributed by atoms with E-state index >= 15 is 0 Å². The average Bonchev–Trinajstić information content (AvgIpc) is 3.18. The first-order chi connectivity index (χ1) is 16.0. The van der Waals surface area contributed by atoms with Gasteiger partial charge in [0.05, 0.1) is 16.2 Å². The standard InChI is InChI=1S/C25H17BrINO5/c1-31-22-13-15(11-19(27)23(22)32-14-21(29)16-7-3-2-4-8-16)12-20-25(30)33-24(28-20)17-9-5-6-10-18(17)26/h2-13H,14H2,1H3/b20-12-. The van der Waals surface area contributed by atoms with Crippen molar-refractivity contribution in [2.45, 2.75) is 0 Å². The molecular formula is C25H17BrINO5. The number of ketones is 1. The summed E-state index contributed by atoms with van der Waals surface area (Å²) in [5, 5.41) is 0. The summed E-state index contributed by atoms with van der Waals surface area (Å²) in [6.45, 7) is -0.122. The highest BCUT2D eigenvalue weighted by Gasteiger charge is 2.25. The number of aliphatic imine (C=N–C) groups is 1. The summed E-state index contributed by atoms with van der Waals surface area (Å²) in [7, 11) is 1.52. The molecule has 4 rings (SSSR count). The fourth-order valence-corrected chi connectivity index (χ4v) is 4.36. The Morgan fingerprint density at radius 3 is 2.58 bits per heavy atom. The summed E-state index contributed by atoms with van der Waals surface area (Å²) in [4.78, 5) is 29.1. The molecule has 0 bridgehead atoms. The van der Waals surface area contributed by atoms with Gasteiger partial charge >= 0.3 is 5.97 Å². The van der Waals surface area contributed by atoms with Crippen LogP contribution in [0.1, 0.15) is 21.5 Å². The van der Waals surface area contributed by atoms with E-state index in [2.05, 4.69) is 43.5 Å². The Balaban J connectivity index is 1.57. The Bertz CT molecular complexity index is 1290. The summed E-state index contributed by atoms with van der Waals surface area (Å²) in [6.07, 6.45) is 1.62. The largest absolute Gasteiger partial charge is 0.493 e. The van der Waals surface area contributed by atoms with Crippen molar-refractivity contribution in [2.24, 2.45) is 4.99 Å². The first-order valence-corrected chi connectivity index (χ1v) is 11.7. The van der Waals surface area contributed by atoms with Crippen LogP contribution in [-0.4, -0.2) is 31.4 Å². The van der Waals surface area contributed by atoms with E-state index in [1.807, 2.05) is 36.4 Å². The SMILES string of the molecule is COc1cc(/C=C2\N=C(c3ccccc3Br)OC2=O)cc(I)c1OCC(=O)c1ccccc1. The van der Waals surface area contributed by atoms with Crippen LogP contribution in [-0.2, 0) is 9.53 Å². The molecule has 1 aliphatic heterocycles. The molecule has 0 aromatic heterocycles. The predicted octanol–water partition coefficient (Wildman–Crippen LogP) is 5.67. The van der Waals surface area contributed by atoms with E-state index in [1.54, 1.807) is 36.4 Å². The summed E-state index contributed by atoms with van der Waals surface area (Å²) < 4.78 is 18.1. The summed E-state index contributed by atoms with van der Waals surface area (Å²) in [5.41, 5.74) is 2.12. The Morgan fingerprint density at radius 1 is 1.12 bits per heavy atom. The number of hydrogen-bond acceptors (Lipinski definition) is 6. The zero-order chi connectivity index (χ0) is 23.4. The molecule has 166 valence electrons. The van der Waals surface area contributed by atoms with Crippen LogP contribution in [0.5, 0.6) is 11.5 Å². The number of methoxy groups -OCH3 is 1. The van der Waals surface area contributed by atoms with E-state index in [9.17, 15) is 9.59 Å². The second kappa shape index (κ2) is 10.3. The van der Waals surface area contributed by atoms with Crippen molar-refractivity contribution in [2.75, 3.05) is 13.7 Å². The van der Waals surface area contributed by atoms with Crippen molar-refractivity contribution in [3.05, 3.63) is 97.2 Å². The van der Waals surface area contributed by atoms with Crippen LogP contribution in [0.3, 0.4) is 0 Å². The number of rotatable bonds is 7. The van der Waals surface area contributed by atoms with E-state index in [0.29, 0.717) is 28.2 Å². The van der Waals surface area contributed by atoms with E-state index in [4.69, 9.17) is 14.2 Å². The lowest BCUT2D eigenvalue weighted by Gasteiger charge is -2.13. The molecule has 8 heteroatoms. The minimum Gasteiger partial charge on any atom is -0.493 e. The van der Waals surface area contributed by atoms with Gasteiger partial charge in [0.2, 0.25) is 5.90 Å². The first kappa shape index (κ1) is 23.2. The zero-order valence-electron chi connectivity index (χ0n) is 17.4. The van der Waals surface area contributed by atoms with Gasteiger partial charge in [0.15, 0.2) is 29.6 Å². The zero-order valence-corrected chi connectivity index (χ0v) is 21.1. The average molecular weight is 618 g/mol. The highest BCUT2D eigenvalue weighted by Crippen LogP contribution is 2.35. The van der Waals surface area contributed by atoms with Crippen molar-refractivity contribution in [3.8, 4) is 11.5 Å². The number of nitrogens with zero attached hydrogens (tertiary/aromatic N) is 1. The number of ether oxygens (including phenoxy) is 3. The third-order valence-electron chi connectivity index (χ3n) is 4.72. The summed E-state index contributed by atoms with van der Waals surface area (Å²) in [5.74, 6) is 0.456. The fourth-order valence-electron chi connectivity index (χ4n) is 3.13. The number of carbonyl (C=O) groups excluding carboxylic acids is 2. The van der Waals surface area contributed by atoms with E-state index < -0.39 is 5.97 Å². The number of benzene rings is 3. The quantitative estimate of drug-likeness (QED) is 0.148. The molecule has 0 saturated carbocycles. The topological polar surface area (TPSA) is 74.2 Å². The number of hydrogen-bond donors (Lipinski definition) is 0. The Kier molecular flexibility index (Phi) is 7.24. The molecule has 3 aromatic carbocycles. The van der Waals surface area contributed by atoms with Crippen molar-refractivity contribution >= 4 is 62.2 Å². The first-order valence-electron chi connectivity index (χ1n) is 9.82. The minimum absolute atomic E-state index is 0.122. The van der Waals surface area contributed by atoms with Gasteiger partial charge in [-0.3, -0.25) is 4.79 Å². The molecular weight excluding hydrogens is 601 g/mol. The van der Waals surface area contributed by atoms with Crippen molar-refractivity contribution in [1.82, 2.24) is 0 Å². The monoisotopic (exact) mass is 617 g/mol.